The molecule has 0 fully saturated rings. The number of aromatic nitrogens is 2. The van der Waals surface area contributed by atoms with Crippen molar-refractivity contribution < 1.29 is 14.3 Å². The van der Waals surface area contributed by atoms with E-state index in [1.54, 1.807) is 13.8 Å². The van der Waals surface area contributed by atoms with Crippen LogP contribution in [0.5, 0.6) is 0 Å². The van der Waals surface area contributed by atoms with E-state index in [2.05, 4.69) is 10.2 Å². The second-order valence-corrected chi connectivity index (χ2v) is 6.57. The lowest BCUT2D eigenvalue weighted by Gasteiger charge is -2.16. The van der Waals surface area contributed by atoms with Crippen molar-refractivity contribution in [1.29, 1.82) is 0 Å². The molecular formula is C14H16N2O3S. The van der Waals surface area contributed by atoms with Gasteiger partial charge in [-0.1, -0.05) is 17.7 Å². The Balaban J connectivity index is 2.08. The van der Waals surface area contributed by atoms with E-state index in [0.29, 0.717) is 17.5 Å². The average Bonchev–Trinajstić information content (AvgIpc) is 2.85. The van der Waals surface area contributed by atoms with Gasteiger partial charge in [0.2, 0.25) is 11.8 Å². The first-order valence-corrected chi connectivity index (χ1v) is 7.14. The van der Waals surface area contributed by atoms with Gasteiger partial charge in [-0.25, -0.2) is 0 Å². The fourth-order valence-electron chi connectivity index (χ4n) is 1.51. The van der Waals surface area contributed by atoms with Crippen molar-refractivity contribution in [3.63, 3.8) is 0 Å². The van der Waals surface area contributed by atoms with Crippen LogP contribution >= 0.6 is 11.8 Å². The van der Waals surface area contributed by atoms with Crippen molar-refractivity contribution in [2.45, 2.75) is 31.3 Å². The molecule has 1 N–H and O–H groups in total. The van der Waals surface area contributed by atoms with E-state index < -0.39 is 10.7 Å². The van der Waals surface area contributed by atoms with Crippen molar-refractivity contribution in [3.8, 4) is 11.5 Å². The molecule has 6 heteroatoms. The van der Waals surface area contributed by atoms with Crippen LogP contribution in [0, 0.1) is 6.92 Å². The number of carboxylic acid groups (broad SMARTS) is 1. The highest BCUT2D eigenvalue weighted by molar-refractivity contribution is 8.00. The van der Waals surface area contributed by atoms with Gasteiger partial charge in [-0.15, -0.1) is 22.0 Å². The number of hydrogen-bond donors (Lipinski definition) is 1. The number of aliphatic carboxylic acids is 1. The minimum Gasteiger partial charge on any atom is -0.480 e. The molecule has 1 heterocycles. The third-order valence-corrected chi connectivity index (χ3v) is 4.09. The summed E-state index contributed by atoms with van der Waals surface area (Å²) in [5, 5.41) is 17.0. The highest BCUT2D eigenvalue weighted by Crippen LogP contribution is 2.29. The van der Waals surface area contributed by atoms with E-state index in [9.17, 15) is 4.79 Å². The van der Waals surface area contributed by atoms with Crippen LogP contribution in [0.1, 0.15) is 25.3 Å². The normalized spacial score (nSPS) is 11.6. The molecule has 20 heavy (non-hydrogen) atoms. The fraction of sp³-hybridized carbons (Fsp3) is 0.357. The molecule has 0 saturated heterocycles. The van der Waals surface area contributed by atoms with Crippen molar-refractivity contribution in [3.05, 3.63) is 35.7 Å². The molecule has 106 valence electrons. The zero-order valence-electron chi connectivity index (χ0n) is 11.6. The van der Waals surface area contributed by atoms with Crippen molar-refractivity contribution in [2.24, 2.45) is 0 Å². The minimum absolute atomic E-state index is 0.373. The first-order chi connectivity index (χ1) is 9.38. The van der Waals surface area contributed by atoms with E-state index >= 15 is 0 Å². The monoisotopic (exact) mass is 292 g/mol. The summed E-state index contributed by atoms with van der Waals surface area (Å²) in [6.07, 6.45) is 0. The molecule has 0 atom stereocenters. The summed E-state index contributed by atoms with van der Waals surface area (Å²) in [4.78, 5) is 11.0. The number of carboxylic acids is 1. The molecule has 0 saturated carbocycles. The Morgan fingerprint density at radius 1 is 1.40 bits per heavy atom. The highest BCUT2D eigenvalue weighted by Gasteiger charge is 2.28. The zero-order chi connectivity index (χ0) is 14.8. The maximum Gasteiger partial charge on any atom is 0.319 e. The largest absolute Gasteiger partial charge is 0.480 e. The average molecular weight is 292 g/mol. The van der Waals surface area contributed by atoms with Crippen LogP contribution in [0.3, 0.4) is 0 Å². The van der Waals surface area contributed by atoms with Crippen LogP contribution in [0.2, 0.25) is 0 Å². The van der Waals surface area contributed by atoms with Crippen LogP contribution in [-0.2, 0) is 10.5 Å². The number of nitrogens with zero attached hydrogens (tertiary/aromatic N) is 2. The van der Waals surface area contributed by atoms with E-state index in [4.69, 9.17) is 9.52 Å². The van der Waals surface area contributed by atoms with Gasteiger partial charge in [0.15, 0.2) is 0 Å². The lowest BCUT2D eigenvalue weighted by Crippen LogP contribution is -2.27. The summed E-state index contributed by atoms with van der Waals surface area (Å²) in [6.45, 7) is 5.29. The van der Waals surface area contributed by atoms with Gasteiger partial charge in [0.1, 0.15) is 4.75 Å². The van der Waals surface area contributed by atoms with Gasteiger partial charge in [-0.2, -0.15) is 0 Å². The van der Waals surface area contributed by atoms with E-state index in [-0.39, 0.29) is 0 Å². The van der Waals surface area contributed by atoms with Gasteiger partial charge in [0.25, 0.3) is 0 Å². The van der Waals surface area contributed by atoms with Crippen LogP contribution < -0.4 is 0 Å². The molecular weight excluding hydrogens is 276 g/mol. The Hall–Kier alpha value is -1.82. The molecule has 0 amide bonds. The number of thioether (sulfide) groups is 1. The van der Waals surface area contributed by atoms with Crippen molar-refractivity contribution >= 4 is 17.7 Å². The van der Waals surface area contributed by atoms with Crippen LogP contribution in [0.4, 0.5) is 0 Å². The summed E-state index contributed by atoms with van der Waals surface area (Å²) < 4.78 is 4.69. The van der Waals surface area contributed by atoms with Gasteiger partial charge >= 0.3 is 5.97 Å². The van der Waals surface area contributed by atoms with E-state index in [0.717, 1.165) is 11.1 Å². The lowest BCUT2D eigenvalue weighted by molar-refractivity contribution is -0.138. The Kier molecular flexibility index (Phi) is 4.13. The molecule has 1 aromatic heterocycles. The van der Waals surface area contributed by atoms with Crippen LogP contribution in [0.25, 0.3) is 11.5 Å². The third kappa shape index (κ3) is 3.39. The van der Waals surface area contributed by atoms with Gasteiger partial charge in [-0.05, 0) is 32.9 Å². The molecule has 5 nitrogen and oxygen atoms in total. The molecule has 0 aliphatic heterocycles. The molecule has 0 aliphatic carbocycles. The molecule has 0 spiro atoms. The van der Waals surface area contributed by atoms with Gasteiger partial charge in [-0.3, -0.25) is 4.79 Å². The number of benzene rings is 1. The maximum atomic E-state index is 11.0. The molecule has 0 radical (unpaired) electrons. The zero-order valence-corrected chi connectivity index (χ0v) is 12.4. The van der Waals surface area contributed by atoms with Crippen molar-refractivity contribution in [2.75, 3.05) is 0 Å². The van der Waals surface area contributed by atoms with Gasteiger partial charge < -0.3 is 9.52 Å². The van der Waals surface area contributed by atoms with Crippen LogP contribution in [0.15, 0.2) is 28.7 Å². The number of hydrogen-bond acceptors (Lipinski definition) is 5. The fourth-order valence-corrected chi connectivity index (χ4v) is 2.24. The number of aryl methyl sites for hydroxylation is 1. The summed E-state index contributed by atoms with van der Waals surface area (Å²) in [5.41, 5.74) is 1.98. The van der Waals surface area contributed by atoms with Gasteiger partial charge in [0, 0.05) is 5.56 Å². The quantitative estimate of drug-likeness (QED) is 0.912. The highest BCUT2D eigenvalue weighted by atomic mass is 32.2. The summed E-state index contributed by atoms with van der Waals surface area (Å²) in [7, 11) is 0. The standard InChI is InChI=1S/C14H16N2O3S/c1-9-5-4-6-10(7-9)12-16-15-11(19-12)8-20-14(2,3)13(17)18/h4-7H,8H2,1-3H3,(H,17,18). The van der Waals surface area contributed by atoms with Crippen molar-refractivity contribution in [1.82, 2.24) is 10.2 Å². The topological polar surface area (TPSA) is 76.2 Å². The molecule has 1 aromatic carbocycles. The Morgan fingerprint density at radius 2 is 2.15 bits per heavy atom. The first kappa shape index (κ1) is 14.6. The third-order valence-electron chi connectivity index (χ3n) is 2.80. The lowest BCUT2D eigenvalue weighted by atomic mass is 10.1. The van der Waals surface area contributed by atoms with Crippen LogP contribution in [-0.4, -0.2) is 26.0 Å². The summed E-state index contributed by atoms with van der Waals surface area (Å²) in [5.74, 6) is 0.400. The van der Waals surface area contributed by atoms with E-state index in [1.165, 1.54) is 11.8 Å². The van der Waals surface area contributed by atoms with Gasteiger partial charge in [0.05, 0.1) is 5.75 Å². The second kappa shape index (κ2) is 5.66. The summed E-state index contributed by atoms with van der Waals surface area (Å²) >= 11 is 1.26. The number of carbonyl (C=O) groups is 1. The predicted octanol–water partition coefficient (Wildman–Crippen LogP) is 3.14. The Morgan fingerprint density at radius 3 is 2.80 bits per heavy atom. The smallest absolute Gasteiger partial charge is 0.319 e. The number of rotatable bonds is 5. The first-order valence-electron chi connectivity index (χ1n) is 6.15. The molecule has 2 rings (SSSR count). The Bertz CT molecular complexity index is 622. The summed E-state index contributed by atoms with van der Waals surface area (Å²) in [6, 6.07) is 7.78. The second-order valence-electron chi connectivity index (χ2n) is 4.97. The SMILES string of the molecule is Cc1cccc(-c2nnc(CSC(C)(C)C(=O)O)o2)c1. The predicted molar refractivity (Wildman–Crippen MR) is 77.5 cm³/mol. The molecule has 0 bridgehead atoms. The Labute approximate surface area is 121 Å². The minimum atomic E-state index is -0.877. The van der Waals surface area contributed by atoms with E-state index in [1.807, 2.05) is 31.2 Å². The molecule has 0 unspecified atom stereocenters. The maximum absolute atomic E-state index is 11.0. The molecule has 2 aromatic rings. The molecule has 0 aliphatic rings.